The van der Waals surface area contributed by atoms with Crippen LogP contribution in [0.3, 0.4) is 0 Å². The highest BCUT2D eigenvalue weighted by Gasteiger charge is 2.27. The van der Waals surface area contributed by atoms with E-state index in [1.54, 1.807) is 7.11 Å². The Morgan fingerprint density at radius 2 is 2.24 bits per heavy atom. The normalized spacial score (nSPS) is 14.0. The van der Waals surface area contributed by atoms with Crippen LogP contribution >= 0.6 is 0 Å². The first kappa shape index (κ1) is 15.7. The molecule has 1 aromatic carbocycles. The number of hydrogen-bond acceptors (Lipinski definition) is 3. The minimum atomic E-state index is 0.0431. The average molecular weight is 338 g/mol. The SMILES string of the molecule is CCc1n[nH]c2c1CN(C(=O)c1[nH]c3ccc(OC)cc3c1C)CC2. The van der Waals surface area contributed by atoms with Crippen LogP contribution < -0.4 is 4.74 Å². The van der Waals surface area contributed by atoms with Gasteiger partial charge in [-0.1, -0.05) is 6.92 Å². The van der Waals surface area contributed by atoms with Gasteiger partial charge in [0.05, 0.1) is 12.8 Å². The number of H-pyrrole nitrogens is 2. The number of nitrogens with zero attached hydrogens (tertiary/aromatic N) is 2. The molecule has 0 spiro atoms. The van der Waals surface area contributed by atoms with E-state index in [2.05, 4.69) is 22.1 Å². The van der Waals surface area contributed by atoms with E-state index in [1.165, 1.54) is 11.3 Å². The van der Waals surface area contributed by atoms with Crippen molar-refractivity contribution in [3.05, 3.63) is 46.4 Å². The number of amides is 1. The van der Waals surface area contributed by atoms with Gasteiger partial charge in [-0.3, -0.25) is 9.89 Å². The van der Waals surface area contributed by atoms with Gasteiger partial charge in [-0.2, -0.15) is 5.10 Å². The van der Waals surface area contributed by atoms with Gasteiger partial charge in [0.1, 0.15) is 11.4 Å². The largest absolute Gasteiger partial charge is 0.497 e. The molecule has 0 radical (unpaired) electrons. The topological polar surface area (TPSA) is 74.0 Å². The molecule has 0 atom stereocenters. The maximum absolute atomic E-state index is 13.1. The van der Waals surface area contributed by atoms with Crippen LogP contribution in [0.2, 0.25) is 0 Å². The van der Waals surface area contributed by atoms with Gasteiger partial charge >= 0.3 is 0 Å². The van der Waals surface area contributed by atoms with E-state index in [0.717, 1.165) is 40.8 Å². The summed E-state index contributed by atoms with van der Waals surface area (Å²) in [6, 6.07) is 5.83. The van der Waals surface area contributed by atoms with E-state index in [0.29, 0.717) is 18.8 Å². The van der Waals surface area contributed by atoms with Gasteiger partial charge in [0.25, 0.3) is 5.91 Å². The zero-order valence-electron chi connectivity index (χ0n) is 14.8. The lowest BCUT2D eigenvalue weighted by molar-refractivity contribution is 0.0728. The van der Waals surface area contributed by atoms with E-state index in [4.69, 9.17) is 4.74 Å². The van der Waals surface area contributed by atoms with E-state index in [9.17, 15) is 4.79 Å². The van der Waals surface area contributed by atoms with Crippen molar-refractivity contribution in [3.8, 4) is 5.75 Å². The van der Waals surface area contributed by atoms with E-state index < -0.39 is 0 Å². The van der Waals surface area contributed by atoms with Crippen LogP contribution in [0.4, 0.5) is 0 Å². The molecule has 6 heteroatoms. The Morgan fingerprint density at radius 1 is 1.40 bits per heavy atom. The monoisotopic (exact) mass is 338 g/mol. The highest BCUT2D eigenvalue weighted by atomic mass is 16.5. The number of ether oxygens (including phenoxy) is 1. The van der Waals surface area contributed by atoms with Gasteiger partial charge in [0, 0.05) is 41.7 Å². The second-order valence-electron chi connectivity index (χ2n) is 6.49. The Bertz CT molecular complexity index is 940. The van der Waals surface area contributed by atoms with Crippen molar-refractivity contribution in [1.29, 1.82) is 0 Å². The van der Waals surface area contributed by atoms with Gasteiger partial charge in [0.2, 0.25) is 0 Å². The maximum Gasteiger partial charge on any atom is 0.270 e. The summed E-state index contributed by atoms with van der Waals surface area (Å²) in [7, 11) is 1.65. The maximum atomic E-state index is 13.1. The Morgan fingerprint density at radius 3 is 3.00 bits per heavy atom. The van der Waals surface area contributed by atoms with Gasteiger partial charge in [-0.15, -0.1) is 0 Å². The van der Waals surface area contributed by atoms with Crippen molar-refractivity contribution in [3.63, 3.8) is 0 Å². The second-order valence-corrected chi connectivity index (χ2v) is 6.49. The van der Waals surface area contributed by atoms with E-state index in [-0.39, 0.29) is 5.91 Å². The van der Waals surface area contributed by atoms with Crippen molar-refractivity contribution < 1.29 is 9.53 Å². The van der Waals surface area contributed by atoms with Crippen LogP contribution in [-0.2, 0) is 19.4 Å². The van der Waals surface area contributed by atoms with Crippen LogP contribution in [0.15, 0.2) is 18.2 Å². The number of nitrogens with one attached hydrogen (secondary N) is 2. The summed E-state index contributed by atoms with van der Waals surface area (Å²) < 4.78 is 5.30. The second kappa shape index (κ2) is 5.95. The smallest absolute Gasteiger partial charge is 0.270 e. The van der Waals surface area contributed by atoms with Crippen molar-refractivity contribution in [2.75, 3.05) is 13.7 Å². The molecule has 2 aromatic heterocycles. The minimum absolute atomic E-state index is 0.0431. The Hall–Kier alpha value is -2.76. The quantitative estimate of drug-likeness (QED) is 0.771. The van der Waals surface area contributed by atoms with Crippen LogP contribution in [-0.4, -0.2) is 39.6 Å². The standard InChI is InChI=1S/C19H22N4O2/c1-4-15-14-10-23(8-7-17(14)22-21-15)19(24)18-11(2)13-9-12(25-3)5-6-16(13)20-18/h5-6,9,20H,4,7-8,10H2,1-3H3,(H,21,22). The number of aromatic nitrogens is 3. The molecule has 2 N–H and O–H groups in total. The van der Waals surface area contributed by atoms with Crippen LogP contribution in [0.25, 0.3) is 10.9 Å². The minimum Gasteiger partial charge on any atom is -0.497 e. The molecular weight excluding hydrogens is 316 g/mol. The Kier molecular flexibility index (Phi) is 3.75. The fourth-order valence-corrected chi connectivity index (χ4v) is 3.62. The van der Waals surface area contributed by atoms with E-state index >= 15 is 0 Å². The molecule has 1 amide bonds. The molecule has 25 heavy (non-hydrogen) atoms. The number of benzene rings is 1. The average Bonchev–Trinajstić information content (AvgIpc) is 3.21. The number of methoxy groups -OCH3 is 1. The third kappa shape index (κ3) is 2.49. The first-order valence-electron chi connectivity index (χ1n) is 8.63. The zero-order chi connectivity index (χ0) is 17.6. The van der Waals surface area contributed by atoms with Crippen LogP contribution in [0.5, 0.6) is 5.75 Å². The van der Waals surface area contributed by atoms with Gasteiger partial charge in [0.15, 0.2) is 0 Å². The fraction of sp³-hybridized carbons (Fsp3) is 0.368. The number of rotatable bonds is 3. The lowest BCUT2D eigenvalue weighted by Crippen LogP contribution is -2.36. The molecule has 0 aliphatic carbocycles. The molecule has 0 bridgehead atoms. The molecule has 6 nitrogen and oxygen atoms in total. The summed E-state index contributed by atoms with van der Waals surface area (Å²) in [4.78, 5) is 18.3. The predicted octanol–water partition coefficient (Wildman–Crippen LogP) is 2.97. The number of fused-ring (bicyclic) bond motifs is 2. The molecule has 3 aromatic rings. The molecule has 1 aliphatic heterocycles. The number of hydrogen-bond donors (Lipinski definition) is 2. The van der Waals surface area contributed by atoms with Gasteiger partial charge in [-0.25, -0.2) is 0 Å². The third-order valence-corrected chi connectivity index (χ3v) is 5.12. The Balaban J connectivity index is 1.67. The van der Waals surface area contributed by atoms with Gasteiger partial charge < -0.3 is 14.6 Å². The van der Waals surface area contributed by atoms with Gasteiger partial charge in [-0.05, 0) is 37.1 Å². The predicted molar refractivity (Wildman–Crippen MR) is 96.0 cm³/mol. The van der Waals surface area contributed by atoms with Crippen molar-refractivity contribution >= 4 is 16.8 Å². The highest BCUT2D eigenvalue weighted by molar-refractivity contribution is 6.01. The summed E-state index contributed by atoms with van der Waals surface area (Å²) in [5.74, 6) is 0.837. The first-order chi connectivity index (χ1) is 12.1. The van der Waals surface area contributed by atoms with Crippen molar-refractivity contribution in [2.24, 2.45) is 0 Å². The summed E-state index contributed by atoms with van der Waals surface area (Å²) in [6.07, 6.45) is 1.69. The number of carbonyl (C=O) groups is 1. The highest BCUT2D eigenvalue weighted by Crippen LogP contribution is 2.28. The number of carbonyl (C=O) groups excluding carboxylic acids is 1. The molecule has 0 fully saturated rings. The number of aryl methyl sites for hydroxylation is 2. The lowest BCUT2D eigenvalue weighted by atomic mass is 10.0. The molecule has 0 unspecified atom stereocenters. The Labute approximate surface area is 146 Å². The summed E-state index contributed by atoms with van der Waals surface area (Å²) in [6.45, 7) is 5.39. The molecule has 3 heterocycles. The van der Waals surface area contributed by atoms with Crippen LogP contribution in [0, 0.1) is 6.92 Å². The molecule has 4 rings (SSSR count). The van der Waals surface area contributed by atoms with Crippen molar-refractivity contribution in [2.45, 2.75) is 33.2 Å². The summed E-state index contributed by atoms with van der Waals surface area (Å²) in [5.41, 5.74) is 5.99. The number of aromatic amines is 2. The molecule has 0 saturated heterocycles. The molecule has 130 valence electrons. The third-order valence-electron chi connectivity index (χ3n) is 5.12. The molecule has 0 saturated carbocycles. The van der Waals surface area contributed by atoms with E-state index in [1.807, 2.05) is 30.0 Å². The van der Waals surface area contributed by atoms with Crippen LogP contribution in [0.1, 0.15) is 39.9 Å². The molecule has 1 aliphatic rings. The fourth-order valence-electron chi connectivity index (χ4n) is 3.62. The van der Waals surface area contributed by atoms with Crippen molar-refractivity contribution in [1.82, 2.24) is 20.1 Å². The lowest BCUT2D eigenvalue weighted by Gasteiger charge is -2.27. The molecular formula is C19H22N4O2. The zero-order valence-corrected chi connectivity index (χ0v) is 14.8. The first-order valence-corrected chi connectivity index (χ1v) is 8.63. The summed E-state index contributed by atoms with van der Waals surface area (Å²) in [5, 5.41) is 8.51. The summed E-state index contributed by atoms with van der Waals surface area (Å²) >= 11 is 0.